The number of Topliss-reactive ketones (excluding diaryl/α,β-unsaturated/α-hetero) is 1. The van der Waals surface area contributed by atoms with E-state index in [-0.39, 0.29) is 5.92 Å². The molecule has 0 radical (unpaired) electrons. The van der Waals surface area contributed by atoms with Gasteiger partial charge in [-0.1, -0.05) is 30.7 Å². The van der Waals surface area contributed by atoms with Crippen molar-refractivity contribution in [1.29, 1.82) is 0 Å². The molecule has 0 aliphatic heterocycles. The van der Waals surface area contributed by atoms with Gasteiger partial charge in [0, 0.05) is 17.4 Å². The molecule has 2 rings (SSSR count). The van der Waals surface area contributed by atoms with Gasteiger partial charge in [0.05, 0.1) is 0 Å². The Morgan fingerprint density at radius 3 is 2.53 bits per heavy atom. The fourth-order valence-electron chi connectivity index (χ4n) is 2.27. The minimum absolute atomic E-state index is 0.237. The lowest BCUT2D eigenvalue weighted by atomic mass is 9.91. The van der Waals surface area contributed by atoms with E-state index in [9.17, 15) is 4.79 Å². The smallest absolute Gasteiger partial charge is 0.135 e. The van der Waals surface area contributed by atoms with Crippen LogP contribution >= 0.6 is 11.6 Å². The largest absolute Gasteiger partial charge is 0.299 e. The van der Waals surface area contributed by atoms with Crippen LogP contribution in [0, 0.1) is 11.8 Å². The van der Waals surface area contributed by atoms with E-state index >= 15 is 0 Å². The van der Waals surface area contributed by atoms with Crippen molar-refractivity contribution in [3.63, 3.8) is 0 Å². The molecule has 1 aromatic rings. The standard InChI is InChI=1S/C13H15ClO/c1-9-11(4-7-13(9)15)8-10-2-5-12(14)6-3-10/h2-3,5-6,9,11H,4,7-8H2,1H3. The topological polar surface area (TPSA) is 17.1 Å². The quantitative estimate of drug-likeness (QED) is 0.749. The third-order valence-electron chi connectivity index (χ3n) is 3.39. The van der Waals surface area contributed by atoms with Crippen LogP contribution < -0.4 is 0 Å². The molecule has 0 heterocycles. The van der Waals surface area contributed by atoms with Crippen LogP contribution in [-0.4, -0.2) is 5.78 Å². The Morgan fingerprint density at radius 1 is 1.33 bits per heavy atom. The number of hydrogen-bond donors (Lipinski definition) is 0. The van der Waals surface area contributed by atoms with Gasteiger partial charge in [-0.15, -0.1) is 0 Å². The Labute approximate surface area is 95.4 Å². The second-order valence-corrected chi connectivity index (χ2v) is 4.82. The third-order valence-corrected chi connectivity index (χ3v) is 3.64. The number of hydrogen-bond acceptors (Lipinski definition) is 1. The molecule has 0 amide bonds. The van der Waals surface area contributed by atoms with E-state index < -0.39 is 0 Å². The van der Waals surface area contributed by atoms with Crippen molar-refractivity contribution in [3.8, 4) is 0 Å². The second-order valence-electron chi connectivity index (χ2n) is 4.38. The molecule has 15 heavy (non-hydrogen) atoms. The summed E-state index contributed by atoms with van der Waals surface area (Å²) in [6, 6.07) is 7.94. The SMILES string of the molecule is CC1C(=O)CCC1Cc1ccc(Cl)cc1. The van der Waals surface area contributed by atoms with Gasteiger partial charge in [-0.3, -0.25) is 4.79 Å². The summed E-state index contributed by atoms with van der Waals surface area (Å²) in [5.74, 6) is 1.19. The number of ketones is 1. The number of carbonyl (C=O) groups excluding carboxylic acids is 1. The first-order valence-corrected chi connectivity index (χ1v) is 5.82. The Kier molecular flexibility index (Phi) is 3.11. The molecule has 2 atom stereocenters. The zero-order chi connectivity index (χ0) is 10.8. The first kappa shape index (κ1) is 10.7. The summed E-state index contributed by atoms with van der Waals surface area (Å²) in [6.07, 6.45) is 2.81. The molecule has 1 aliphatic carbocycles. The third kappa shape index (κ3) is 2.40. The van der Waals surface area contributed by atoms with Crippen LogP contribution in [-0.2, 0) is 11.2 Å². The van der Waals surface area contributed by atoms with Crippen molar-refractivity contribution < 1.29 is 4.79 Å². The van der Waals surface area contributed by atoms with Crippen LogP contribution in [0.15, 0.2) is 24.3 Å². The molecule has 80 valence electrons. The highest BCUT2D eigenvalue weighted by molar-refractivity contribution is 6.30. The lowest BCUT2D eigenvalue weighted by Gasteiger charge is -2.13. The molecule has 0 saturated heterocycles. The molecule has 1 aliphatic rings. The summed E-state index contributed by atoms with van der Waals surface area (Å²) in [4.78, 5) is 11.4. The molecule has 0 aromatic heterocycles. The number of rotatable bonds is 2. The van der Waals surface area contributed by atoms with Gasteiger partial charge in [-0.2, -0.15) is 0 Å². The summed E-state index contributed by atoms with van der Waals surface area (Å²) in [6.45, 7) is 2.05. The monoisotopic (exact) mass is 222 g/mol. The van der Waals surface area contributed by atoms with E-state index in [1.54, 1.807) is 0 Å². The van der Waals surface area contributed by atoms with E-state index in [4.69, 9.17) is 11.6 Å². The normalized spacial score (nSPS) is 25.9. The highest BCUT2D eigenvalue weighted by Crippen LogP contribution is 2.31. The lowest BCUT2D eigenvalue weighted by molar-refractivity contribution is -0.120. The molecule has 1 nitrogen and oxygen atoms in total. The van der Waals surface area contributed by atoms with Gasteiger partial charge in [0.25, 0.3) is 0 Å². The molecule has 2 unspecified atom stereocenters. The van der Waals surface area contributed by atoms with Gasteiger partial charge >= 0.3 is 0 Å². The average molecular weight is 223 g/mol. The van der Waals surface area contributed by atoms with Crippen LogP contribution in [0.4, 0.5) is 0 Å². The number of benzene rings is 1. The molecular formula is C13H15ClO. The van der Waals surface area contributed by atoms with E-state index in [0.717, 1.165) is 24.3 Å². The summed E-state index contributed by atoms with van der Waals surface area (Å²) in [5, 5.41) is 0.772. The second kappa shape index (κ2) is 4.36. The maximum Gasteiger partial charge on any atom is 0.135 e. The van der Waals surface area contributed by atoms with Crippen molar-refractivity contribution in [1.82, 2.24) is 0 Å². The van der Waals surface area contributed by atoms with Crippen LogP contribution in [0.1, 0.15) is 25.3 Å². The summed E-state index contributed by atoms with van der Waals surface area (Å²) in [5.41, 5.74) is 1.28. The minimum Gasteiger partial charge on any atom is -0.299 e. The zero-order valence-electron chi connectivity index (χ0n) is 8.87. The van der Waals surface area contributed by atoms with E-state index in [1.807, 2.05) is 12.1 Å². The van der Waals surface area contributed by atoms with Crippen molar-refractivity contribution in [3.05, 3.63) is 34.9 Å². The Hall–Kier alpha value is -0.820. The molecule has 2 heteroatoms. The van der Waals surface area contributed by atoms with Crippen LogP contribution in [0.2, 0.25) is 5.02 Å². The highest BCUT2D eigenvalue weighted by atomic mass is 35.5. The van der Waals surface area contributed by atoms with E-state index in [0.29, 0.717) is 11.7 Å². The van der Waals surface area contributed by atoms with Crippen molar-refractivity contribution >= 4 is 17.4 Å². The molecule has 1 aromatic carbocycles. The maximum absolute atomic E-state index is 11.4. The Balaban J connectivity index is 2.03. The first-order chi connectivity index (χ1) is 7.16. The fraction of sp³-hybridized carbons (Fsp3) is 0.462. The summed E-state index contributed by atoms with van der Waals surface area (Å²) in [7, 11) is 0. The molecular weight excluding hydrogens is 208 g/mol. The van der Waals surface area contributed by atoms with Gasteiger partial charge in [-0.05, 0) is 36.5 Å². The number of carbonyl (C=O) groups is 1. The average Bonchev–Trinajstić information content (AvgIpc) is 2.53. The predicted octanol–water partition coefficient (Wildman–Crippen LogP) is 3.50. The van der Waals surface area contributed by atoms with Crippen LogP contribution in [0.5, 0.6) is 0 Å². The van der Waals surface area contributed by atoms with Gasteiger partial charge in [-0.25, -0.2) is 0 Å². The number of halogens is 1. The molecule has 0 bridgehead atoms. The fourth-order valence-corrected chi connectivity index (χ4v) is 2.40. The van der Waals surface area contributed by atoms with E-state index in [2.05, 4.69) is 19.1 Å². The van der Waals surface area contributed by atoms with Crippen molar-refractivity contribution in [2.24, 2.45) is 11.8 Å². The molecule has 1 saturated carbocycles. The van der Waals surface area contributed by atoms with Crippen molar-refractivity contribution in [2.75, 3.05) is 0 Å². The summed E-state index contributed by atoms with van der Waals surface area (Å²) >= 11 is 5.83. The van der Waals surface area contributed by atoms with Crippen molar-refractivity contribution in [2.45, 2.75) is 26.2 Å². The highest BCUT2D eigenvalue weighted by Gasteiger charge is 2.30. The minimum atomic E-state index is 0.237. The lowest BCUT2D eigenvalue weighted by Crippen LogP contribution is -2.12. The Morgan fingerprint density at radius 2 is 2.00 bits per heavy atom. The first-order valence-electron chi connectivity index (χ1n) is 5.44. The summed E-state index contributed by atoms with van der Waals surface area (Å²) < 4.78 is 0. The predicted molar refractivity (Wildman–Crippen MR) is 62.1 cm³/mol. The van der Waals surface area contributed by atoms with Gasteiger partial charge < -0.3 is 0 Å². The molecule has 0 N–H and O–H groups in total. The van der Waals surface area contributed by atoms with Crippen LogP contribution in [0.25, 0.3) is 0 Å². The van der Waals surface area contributed by atoms with Gasteiger partial charge in [0.2, 0.25) is 0 Å². The van der Waals surface area contributed by atoms with Crippen LogP contribution in [0.3, 0.4) is 0 Å². The van der Waals surface area contributed by atoms with E-state index in [1.165, 1.54) is 5.56 Å². The zero-order valence-corrected chi connectivity index (χ0v) is 9.63. The van der Waals surface area contributed by atoms with Gasteiger partial charge in [0.15, 0.2) is 0 Å². The Bertz CT molecular complexity index is 355. The molecule has 1 fully saturated rings. The van der Waals surface area contributed by atoms with Gasteiger partial charge in [0.1, 0.15) is 5.78 Å². The molecule has 0 spiro atoms. The maximum atomic E-state index is 11.4.